The SMILES string of the molecule is Cn1[nH]c(=O)c(=O)nc1SCCCCS. The first-order valence-electron chi connectivity index (χ1n) is 4.56. The molecule has 7 heteroatoms. The summed E-state index contributed by atoms with van der Waals surface area (Å²) in [6.45, 7) is 0. The molecule has 1 aromatic heterocycles. The van der Waals surface area contributed by atoms with Crippen LogP contribution < -0.4 is 11.1 Å². The summed E-state index contributed by atoms with van der Waals surface area (Å²) in [5.41, 5.74) is -1.41. The van der Waals surface area contributed by atoms with Crippen LogP contribution in [-0.4, -0.2) is 26.3 Å². The minimum absolute atomic E-state index is 0.541. The summed E-state index contributed by atoms with van der Waals surface area (Å²) in [6, 6.07) is 0. The molecule has 1 N–H and O–H groups in total. The molecule has 5 nitrogen and oxygen atoms in total. The Hall–Kier alpha value is -0.690. The average Bonchev–Trinajstić information content (AvgIpc) is 2.20. The molecule has 0 unspecified atom stereocenters. The highest BCUT2D eigenvalue weighted by Crippen LogP contribution is 2.13. The largest absolute Gasteiger partial charge is 0.339 e. The lowest BCUT2D eigenvalue weighted by Gasteiger charge is -2.04. The van der Waals surface area contributed by atoms with E-state index in [1.165, 1.54) is 16.4 Å². The minimum atomic E-state index is -0.732. The second-order valence-corrected chi connectivity index (χ2v) is 4.49. The van der Waals surface area contributed by atoms with Gasteiger partial charge in [0.05, 0.1) is 0 Å². The van der Waals surface area contributed by atoms with Gasteiger partial charge in [-0.15, -0.1) is 0 Å². The number of aromatic nitrogens is 3. The van der Waals surface area contributed by atoms with Gasteiger partial charge in [-0.2, -0.15) is 17.6 Å². The molecule has 0 amide bonds. The summed E-state index contributed by atoms with van der Waals surface area (Å²) in [5, 5.41) is 2.94. The van der Waals surface area contributed by atoms with Gasteiger partial charge in [0.1, 0.15) is 0 Å². The van der Waals surface area contributed by atoms with Gasteiger partial charge in [-0.3, -0.25) is 19.4 Å². The maximum absolute atomic E-state index is 11.0. The third kappa shape index (κ3) is 3.75. The van der Waals surface area contributed by atoms with Crippen LogP contribution in [0.4, 0.5) is 0 Å². The van der Waals surface area contributed by atoms with Crippen molar-refractivity contribution in [1.82, 2.24) is 14.8 Å². The zero-order valence-electron chi connectivity index (χ0n) is 8.39. The molecule has 0 bridgehead atoms. The molecule has 0 saturated heterocycles. The topological polar surface area (TPSA) is 67.8 Å². The molecule has 0 aliphatic rings. The highest BCUT2D eigenvalue weighted by Gasteiger charge is 2.03. The van der Waals surface area contributed by atoms with Crippen LogP contribution in [0, 0.1) is 0 Å². The molecule has 0 aliphatic carbocycles. The number of rotatable bonds is 5. The quantitative estimate of drug-likeness (QED) is 0.339. The van der Waals surface area contributed by atoms with Crippen molar-refractivity contribution in [2.75, 3.05) is 11.5 Å². The first-order chi connectivity index (χ1) is 7.15. The van der Waals surface area contributed by atoms with E-state index in [-0.39, 0.29) is 0 Å². The van der Waals surface area contributed by atoms with Crippen LogP contribution in [0.25, 0.3) is 0 Å². The molecular formula is C8H13N3O2S2. The number of hydrogen-bond donors (Lipinski definition) is 2. The Bertz CT molecular complexity index is 427. The van der Waals surface area contributed by atoms with Crippen molar-refractivity contribution in [3.05, 3.63) is 20.7 Å². The Labute approximate surface area is 96.7 Å². The van der Waals surface area contributed by atoms with Crippen molar-refractivity contribution in [3.63, 3.8) is 0 Å². The molecule has 84 valence electrons. The molecule has 1 rings (SSSR count). The van der Waals surface area contributed by atoms with E-state index in [2.05, 4.69) is 22.7 Å². The lowest BCUT2D eigenvalue weighted by molar-refractivity contribution is 0.596. The van der Waals surface area contributed by atoms with Crippen LogP contribution in [-0.2, 0) is 7.05 Å². The fourth-order valence-electron chi connectivity index (χ4n) is 0.967. The highest BCUT2D eigenvalue weighted by molar-refractivity contribution is 7.99. The average molecular weight is 247 g/mol. The summed E-state index contributed by atoms with van der Waals surface area (Å²) < 4.78 is 1.47. The summed E-state index contributed by atoms with van der Waals surface area (Å²) in [5.74, 6) is 1.73. The molecule has 1 aromatic rings. The first kappa shape index (κ1) is 12.4. The molecule has 0 saturated carbocycles. The van der Waals surface area contributed by atoms with Gasteiger partial charge < -0.3 is 0 Å². The lowest BCUT2D eigenvalue weighted by atomic mass is 10.4. The zero-order valence-corrected chi connectivity index (χ0v) is 10.1. The Kier molecular flexibility index (Phi) is 4.97. The van der Waals surface area contributed by atoms with Crippen molar-refractivity contribution in [2.45, 2.75) is 18.0 Å². The van der Waals surface area contributed by atoms with Gasteiger partial charge in [-0.05, 0) is 18.6 Å². The molecule has 0 spiro atoms. The van der Waals surface area contributed by atoms with Crippen LogP contribution in [0.2, 0.25) is 0 Å². The van der Waals surface area contributed by atoms with E-state index in [9.17, 15) is 9.59 Å². The minimum Gasteiger partial charge on any atom is -0.265 e. The molecule has 1 heterocycles. The monoisotopic (exact) mass is 247 g/mol. The van der Waals surface area contributed by atoms with E-state index in [4.69, 9.17) is 0 Å². The maximum atomic E-state index is 11.0. The fraction of sp³-hybridized carbons (Fsp3) is 0.625. The number of hydrogen-bond acceptors (Lipinski definition) is 5. The van der Waals surface area contributed by atoms with Gasteiger partial charge >= 0.3 is 11.1 Å². The second kappa shape index (κ2) is 6.02. The third-order valence-corrected chi connectivity index (χ3v) is 3.16. The Morgan fingerprint density at radius 2 is 2.20 bits per heavy atom. The Morgan fingerprint density at radius 1 is 1.47 bits per heavy atom. The molecule has 15 heavy (non-hydrogen) atoms. The van der Waals surface area contributed by atoms with Crippen LogP contribution in [0.3, 0.4) is 0 Å². The van der Waals surface area contributed by atoms with E-state index in [0.29, 0.717) is 5.16 Å². The van der Waals surface area contributed by atoms with Gasteiger partial charge in [-0.25, -0.2) is 0 Å². The molecular weight excluding hydrogens is 234 g/mol. The number of thioether (sulfide) groups is 1. The van der Waals surface area contributed by atoms with E-state index < -0.39 is 11.1 Å². The van der Waals surface area contributed by atoms with Crippen LogP contribution in [0.15, 0.2) is 14.7 Å². The Balaban J connectivity index is 2.65. The van der Waals surface area contributed by atoms with Gasteiger partial charge in [-0.1, -0.05) is 11.8 Å². The predicted molar refractivity (Wildman–Crippen MR) is 63.9 cm³/mol. The summed E-state index contributed by atoms with van der Waals surface area (Å²) in [4.78, 5) is 25.6. The molecule has 0 radical (unpaired) electrons. The second-order valence-electron chi connectivity index (χ2n) is 2.98. The van der Waals surface area contributed by atoms with Crippen molar-refractivity contribution < 1.29 is 0 Å². The number of aromatic amines is 1. The van der Waals surface area contributed by atoms with Crippen molar-refractivity contribution >= 4 is 24.4 Å². The van der Waals surface area contributed by atoms with Crippen LogP contribution >= 0.6 is 24.4 Å². The molecule has 0 aromatic carbocycles. The smallest absolute Gasteiger partial charge is 0.265 e. The number of unbranched alkanes of at least 4 members (excludes halogenated alkanes) is 1. The third-order valence-electron chi connectivity index (χ3n) is 1.73. The normalized spacial score (nSPS) is 10.5. The first-order valence-corrected chi connectivity index (χ1v) is 6.18. The van der Waals surface area contributed by atoms with Gasteiger partial charge in [0.25, 0.3) is 0 Å². The van der Waals surface area contributed by atoms with E-state index in [1.807, 2.05) is 0 Å². The summed E-state index contributed by atoms with van der Waals surface area (Å²) in [7, 11) is 1.66. The standard InChI is InChI=1S/C8H13N3O2S2/c1-11-8(15-5-3-2-4-14)9-6(12)7(13)10-11/h14H,2-5H2,1H3,(H,10,13). The fourth-order valence-corrected chi connectivity index (χ4v) is 2.11. The van der Waals surface area contributed by atoms with Crippen molar-refractivity contribution in [1.29, 1.82) is 0 Å². The zero-order chi connectivity index (χ0) is 11.3. The summed E-state index contributed by atoms with van der Waals surface area (Å²) >= 11 is 5.56. The van der Waals surface area contributed by atoms with Gasteiger partial charge in [0.2, 0.25) is 0 Å². The maximum Gasteiger partial charge on any atom is 0.339 e. The molecule has 0 aliphatic heterocycles. The number of H-pyrrole nitrogens is 1. The number of aryl methyl sites for hydroxylation is 1. The van der Waals surface area contributed by atoms with Gasteiger partial charge in [0, 0.05) is 12.8 Å². The van der Waals surface area contributed by atoms with E-state index in [0.717, 1.165) is 24.3 Å². The number of nitrogens with one attached hydrogen (secondary N) is 1. The lowest BCUT2D eigenvalue weighted by Crippen LogP contribution is -2.33. The van der Waals surface area contributed by atoms with Crippen molar-refractivity contribution in [3.8, 4) is 0 Å². The Morgan fingerprint density at radius 3 is 2.87 bits per heavy atom. The number of nitrogens with zero attached hydrogens (tertiary/aromatic N) is 2. The van der Waals surface area contributed by atoms with Crippen LogP contribution in [0.1, 0.15) is 12.8 Å². The van der Waals surface area contributed by atoms with Crippen molar-refractivity contribution in [2.24, 2.45) is 7.05 Å². The molecule has 0 fully saturated rings. The number of thiol groups is 1. The summed E-state index contributed by atoms with van der Waals surface area (Å²) in [6.07, 6.45) is 2.05. The van der Waals surface area contributed by atoms with Crippen LogP contribution in [0.5, 0.6) is 0 Å². The highest BCUT2D eigenvalue weighted by atomic mass is 32.2. The molecule has 0 atom stereocenters. The van der Waals surface area contributed by atoms with E-state index in [1.54, 1.807) is 7.05 Å². The predicted octanol–water partition coefficient (Wildman–Crippen LogP) is 0.271. The van der Waals surface area contributed by atoms with Gasteiger partial charge in [0.15, 0.2) is 5.16 Å². The van der Waals surface area contributed by atoms with E-state index >= 15 is 0 Å².